The van der Waals surface area contributed by atoms with E-state index < -0.39 is 0 Å². The first-order chi connectivity index (χ1) is 12.3. The van der Waals surface area contributed by atoms with E-state index in [1.807, 2.05) is 29.2 Å². The van der Waals surface area contributed by atoms with Crippen LogP contribution in [0.4, 0.5) is 10.6 Å². The maximum absolute atomic E-state index is 12.4. The van der Waals surface area contributed by atoms with Gasteiger partial charge in [0.1, 0.15) is 5.82 Å². The molecule has 0 radical (unpaired) electrons. The molecule has 3 rings (SSSR count). The van der Waals surface area contributed by atoms with Crippen molar-refractivity contribution in [3.8, 4) is 0 Å². The van der Waals surface area contributed by atoms with Crippen molar-refractivity contribution < 1.29 is 9.53 Å². The average Bonchev–Trinajstić information content (AvgIpc) is 2.68. The quantitative estimate of drug-likeness (QED) is 0.895. The van der Waals surface area contributed by atoms with E-state index >= 15 is 0 Å². The molecule has 0 aliphatic carbocycles. The number of carbonyl (C=O) groups is 1. The molecule has 2 aromatic rings. The number of urea groups is 1. The molecule has 1 saturated heterocycles. The van der Waals surface area contributed by atoms with Crippen LogP contribution in [0.25, 0.3) is 0 Å². The number of rotatable bonds is 5. The average molecular weight is 341 g/mol. The van der Waals surface area contributed by atoms with Crippen LogP contribution in [0.2, 0.25) is 0 Å². The first-order valence-corrected chi connectivity index (χ1v) is 8.37. The van der Waals surface area contributed by atoms with Gasteiger partial charge in [-0.15, -0.1) is 0 Å². The third kappa shape index (κ3) is 4.45. The Morgan fingerprint density at radius 2 is 1.92 bits per heavy atom. The van der Waals surface area contributed by atoms with Crippen LogP contribution in [0.1, 0.15) is 11.1 Å². The van der Waals surface area contributed by atoms with Gasteiger partial charge in [0.05, 0.1) is 12.8 Å². The van der Waals surface area contributed by atoms with Crippen molar-refractivity contribution in [2.75, 3.05) is 38.2 Å². The molecule has 1 fully saturated rings. The van der Waals surface area contributed by atoms with Crippen molar-refractivity contribution in [2.24, 2.45) is 0 Å². The van der Waals surface area contributed by atoms with Crippen LogP contribution < -0.4 is 10.2 Å². The van der Waals surface area contributed by atoms with Gasteiger partial charge in [-0.3, -0.25) is 4.98 Å². The number of aromatic nitrogens is 2. The molecule has 2 heterocycles. The molecule has 0 unspecified atom stereocenters. The van der Waals surface area contributed by atoms with E-state index in [2.05, 4.69) is 20.2 Å². The largest absolute Gasteiger partial charge is 0.380 e. The molecule has 7 heteroatoms. The van der Waals surface area contributed by atoms with E-state index in [4.69, 9.17) is 4.74 Å². The lowest BCUT2D eigenvalue weighted by Gasteiger charge is -2.35. The minimum Gasteiger partial charge on any atom is -0.380 e. The first-order valence-electron chi connectivity index (χ1n) is 8.37. The van der Waals surface area contributed by atoms with Crippen molar-refractivity contribution in [3.63, 3.8) is 0 Å². The summed E-state index contributed by atoms with van der Waals surface area (Å²) >= 11 is 0. The van der Waals surface area contributed by atoms with Crippen molar-refractivity contribution in [2.45, 2.75) is 13.2 Å². The highest BCUT2D eigenvalue weighted by Gasteiger charge is 2.21. The summed E-state index contributed by atoms with van der Waals surface area (Å²) in [6, 6.07) is 7.95. The summed E-state index contributed by atoms with van der Waals surface area (Å²) in [5.41, 5.74) is 2.17. The molecule has 1 aliphatic rings. The number of hydrogen-bond donors (Lipinski definition) is 1. The van der Waals surface area contributed by atoms with Gasteiger partial charge in [-0.2, -0.15) is 0 Å². The summed E-state index contributed by atoms with van der Waals surface area (Å²) in [5, 5.41) is 3.01. The van der Waals surface area contributed by atoms with E-state index in [9.17, 15) is 4.79 Å². The van der Waals surface area contributed by atoms with Gasteiger partial charge in [0.2, 0.25) is 0 Å². The van der Waals surface area contributed by atoms with Crippen LogP contribution in [-0.4, -0.2) is 54.2 Å². The number of amides is 2. The summed E-state index contributed by atoms with van der Waals surface area (Å²) in [6.45, 7) is 3.90. The smallest absolute Gasteiger partial charge is 0.317 e. The molecular formula is C18H23N5O2. The fraction of sp³-hybridized carbons (Fsp3) is 0.389. The van der Waals surface area contributed by atoms with Gasteiger partial charge in [-0.1, -0.05) is 24.3 Å². The zero-order chi connectivity index (χ0) is 17.5. The van der Waals surface area contributed by atoms with Crippen LogP contribution in [0.3, 0.4) is 0 Å². The highest BCUT2D eigenvalue weighted by molar-refractivity contribution is 5.74. The standard InChI is InChI=1S/C18H23N5O2/c1-25-14-16-5-3-2-4-15(16)12-21-18(24)23-10-8-22(9-11-23)17-13-19-6-7-20-17/h2-7,13H,8-12,14H2,1H3,(H,21,24). The van der Waals surface area contributed by atoms with E-state index in [0.717, 1.165) is 30.0 Å². The monoisotopic (exact) mass is 341 g/mol. The number of ether oxygens (including phenoxy) is 1. The Labute approximate surface area is 147 Å². The van der Waals surface area contributed by atoms with Gasteiger partial charge < -0.3 is 19.9 Å². The summed E-state index contributed by atoms with van der Waals surface area (Å²) in [5.74, 6) is 0.857. The molecule has 132 valence electrons. The minimum atomic E-state index is -0.0361. The van der Waals surface area contributed by atoms with Gasteiger partial charge in [0, 0.05) is 52.2 Å². The first kappa shape index (κ1) is 17.2. The van der Waals surface area contributed by atoms with Gasteiger partial charge in [0.15, 0.2) is 0 Å². The second-order valence-electron chi connectivity index (χ2n) is 5.90. The fourth-order valence-corrected chi connectivity index (χ4v) is 2.90. The van der Waals surface area contributed by atoms with Crippen LogP contribution >= 0.6 is 0 Å². The van der Waals surface area contributed by atoms with E-state index in [0.29, 0.717) is 26.2 Å². The number of piperazine rings is 1. The maximum atomic E-state index is 12.4. The maximum Gasteiger partial charge on any atom is 0.317 e. The molecule has 1 aromatic heterocycles. The number of anilines is 1. The summed E-state index contributed by atoms with van der Waals surface area (Å²) in [6.07, 6.45) is 5.10. The molecule has 0 atom stereocenters. The van der Waals surface area contributed by atoms with Crippen molar-refractivity contribution >= 4 is 11.8 Å². The third-order valence-corrected chi connectivity index (χ3v) is 4.29. The van der Waals surface area contributed by atoms with Crippen LogP contribution in [-0.2, 0) is 17.9 Å². The van der Waals surface area contributed by atoms with Gasteiger partial charge >= 0.3 is 6.03 Å². The molecule has 25 heavy (non-hydrogen) atoms. The van der Waals surface area contributed by atoms with Crippen LogP contribution in [0.15, 0.2) is 42.9 Å². The lowest BCUT2D eigenvalue weighted by Crippen LogP contribution is -2.52. The summed E-state index contributed by atoms with van der Waals surface area (Å²) in [7, 11) is 1.67. The number of carbonyl (C=O) groups excluding carboxylic acids is 1. The molecule has 1 aliphatic heterocycles. The number of methoxy groups -OCH3 is 1. The molecule has 2 amide bonds. The van der Waals surface area contributed by atoms with Crippen molar-refractivity contribution in [1.82, 2.24) is 20.2 Å². The highest BCUT2D eigenvalue weighted by atomic mass is 16.5. The Kier molecular flexibility index (Phi) is 5.79. The van der Waals surface area contributed by atoms with Gasteiger partial charge in [0.25, 0.3) is 0 Å². The van der Waals surface area contributed by atoms with E-state index in [-0.39, 0.29) is 6.03 Å². The predicted molar refractivity (Wildman–Crippen MR) is 95.2 cm³/mol. The molecule has 7 nitrogen and oxygen atoms in total. The van der Waals surface area contributed by atoms with Crippen molar-refractivity contribution in [1.29, 1.82) is 0 Å². The topological polar surface area (TPSA) is 70.6 Å². The molecule has 1 N–H and O–H groups in total. The molecule has 0 saturated carbocycles. The molecular weight excluding hydrogens is 318 g/mol. The SMILES string of the molecule is COCc1ccccc1CNC(=O)N1CCN(c2cnccn2)CC1. The second-order valence-corrected chi connectivity index (χ2v) is 5.90. The molecule has 0 spiro atoms. The number of hydrogen-bond acceptors (Lipinski definition) is 5. The number of benzene rings is 1. The molecule has 0 bridgehead atoms. The Morgan fingerprint density at radius 1 is 1.16 bits per heavy atom. The minimum absolute atomic E-state index is 0.0361. The Morgan fingerprint density at radius 3 is 2.60 bits per heavy atom. The zero-order valence-electron chi connectivity index (χ0n) is 14.4. The van der Waals surface area contributed by atoms with Crippen LogP contribution in [0.5, 0.6) is 0 Å². The highest BCUT2D eigenvalue weighted by Crippen LogP contribution is 2.12. The zero-order valence-corrected chi connectivity index (χ0v) is 14.4. The Hall–Kier alpha value is -2.67. The second kappa shape index (κ2) is 8.43. The molecule has 1 aromatic carbocycles. The van der Waals surface area contributed by atoms with Gasteiger partial charge in [-0.25, -0.2) is 9.78 Å². The predicted octanol–water partition coefficient (Wildman–Crippen LogP) is 1.65. The summed E-state index contributed by atoms with van der Waals surface area (Å²) in [4.78, 5) is 24.8. The summed E-state index contributed by atoms with van der Waals surface area (Å²) < 4.78 is 5.21. The van der Waals surface area contributed by atoms with Crippen molar-refractivity contribution in [3.05, 3.63) is 54.0 Å². The fourth-order valence-electron chi connectivity index (χ4n) is 2.90. The number of nitrogens with one attached hydrogen (secondary N) is 1. The Bertz CT molecular complexity index is 687. The lowest BCUT2D eigenvalue weighted by molar-refractivity contribution is 0.183. The normalized spacial score (nSPS) is 14.4. The third-order valence-electron chi connectivity index (χ3n) is 4.29. The Balaban J connectivity index is 1.50. The van der Waals surface area contributed by atoms with E-state index in [1.165, 1.54) is 0 Å². The van der Waals surface area contributed by atoms with Crippen LogP contribution in [0, 0.1) is 0 Å². The number of nitrogens with zero attached hydrogens (tertiary/aromatic N) is 4. The van der Waals surface area contributed by atoms with E-state index in [1.54, 1.807) is 25.7 Å². The lowest BCUT2D eigenvalue weighted by atomic mass is 10.1. The van der Waals surface area contributed by atoms with Gasteiger partial charge in [-0.05, 0) is 11.1 Å².